The minimum atomic E-state index is 0.336. The van der Waals surface area contributed by atoms with Crippen LogP contribution in [0, 0.1) is 5.92 Å². The third-order valence-electron chi connectivity index (χ3n) is 3.68. The number of thiol groups is 1. The van der Waals surface area contributed by atoms with Crippen molar-refractivity contribution in [3.8, 4) is 0 Å². The second kappa shape index (κ2) is 7.21. The number of hydrogen-bond acceptors (Lipinski definition) is 2. The Kier molecular flexibility index (Phi) is 6.25. The fourth-order valence-corrected chi connectivity index (χ4v) is 2.86. The summed E-state index contributed by atoms with van der Waals surface area (Å²) in [6.07, 6.45) is 6.55. The molecular formula is C13H25NOS. The topological polar surface area (TPSA) is 20.3 Å². The molecule has 1 aliphatic heterocycles. The smallest absolute Gasteiger partial charge is 0.222 e. The Morgan fingerprint density at radius 2 is 2.25 bits per heavy atom. The highest BCUT2D eigenvalue weighted by molar-refractivity contribution is 7.80. The second-order valence-electron chi connectivity index (χ2n) is 4.85. The van der Waals surface area contributed by atoms with Crippen LogP contribution >= 0.6 is 12.6 Å². The third-order valence-corrected chi connectivity index (χ3v) is 3.99. The molecule has 0 N–H and O–H groups in total. The highest BCUT2D eigenvalue weighted by Gasteiger charge is 2.29. The number of nitrogens with zero attached hydrogens (tertiary/aromatic N) is 1. The van der Waals surface area contributed by atoms with Gasteiger partial charge in [0.05, 0.1) is 0 Å². The average molecular weight is 243 g/mol. The molecule has 0 aromatic carbocycles. The normalized spacial score (nSPS) is 25.8. The molecule has 0 spiro atoms. The zero-order valence-electron chi connectivity index (χ0n) is 10.6. The molecule has 3 heteroatoms. The van der Waals surface area contributed by atoms with E-state index in [2.05, 4.69) is 31.4 Å². The molecule has 1 rings (SSSR count). The number of rotatable bonds is 5. The Hall–Kier alpha value is -0.180. The molecule has 0 aromatic heterocycles. The first-order valence-electron chi connectivity index (χ1n) is 6.61. The zero-order valence-corrected chi connectivity index (χ0v) is 11.5. The Morgan fingerprint density at radius 1 is 1.50 bits per heavy atom. The molecule has 0 aromatic rings. The number of carbonyl (C=O) groups excluding carboxylic acids is 1. The molecule has 1 aliphatic rings. The number of amides is 1. The fraction of sp³-hybridized carbons (Fsp3) is 0.923. The van der Waals surface area contributed by atoms with Gasteiger partial charge < -0.3 is 4.90 Å². The zero-order chi connectivity index (χ0) is 12.0. The molecular weight excluding hydrogens is 218 g/mol. The van der Waals surface area contributed by atoms with E-state index in [0.29, 0.717) is 18.4 Å². The van der Waals surface area contributed by atoms with E-state index in [1.807, 2.05) is 0 Å². The lowest BCUT2D eigenvalue weighted by Gasteiger charge is -2.39. The summed E-state index contributed by atoms with van der Waals surface area (Å²) >= 11 is 4.16. The minimum absolute atomic E-state index is 0.336. The molecule has 0 radical (unpaired) electrons. The first kappa shape index (κ1) is 13.9. The molecule has 1 amide bonds. The van der Waals surface area contributed by atoms with Crippen molar-refractivity contribution in [2.24, 2.45) is 5.92 Å². The second-order valence-corrected chi connectivity index (χ2v) is 5.29. The van der Waals surface area contributed by atoms with Gasteiger partial charge in [-0.15, -0.1) is 0 Å². The summed E-state index contributed by atoms with van der Waals surface area (Å²) in [4.78, 5) is 14.1. The van der Waals surface area contributed by atoms with Crippen LogP contribution in [-0.4, -0.2) is 29.1 Å². The van der Waals surface area contributed by atoms with Crippen LogP contribution in [0.1, 0.15) is 52.4 Å². The Bertz CT molecular complexity index is 218. The van der Waals surface area contributed by atoms with Gasteiger partial charge in [0, 0.05) is 19.0 Å². The van der Waals surface area contributed by atoms with Crippen molar-refractivity contribution in [2.45, 2.75) is 58.4 Å². The van der Waals surface area contributed by atoms with E-state index in [4.69, 9.17) is 0 Å². The molecule has 0 bridgehead atoms. The molecule has 1 fully saturated rings. The monoisotopic (exact) mass is 243 g/mol. The van der Waals surface area contributed by atoms with Gasteiger partial charge >= 0.3 is 0 Å². The SMILES string of the molecule is CCCC1CCCN(C(=O)CCCS)[C@H]1C. The molecule has 0 saturated carbocycles. The fourth-order valence-electron chi connectivity index (χ4n) is 2.71. The van der Waals surface area contributed by atoms with Gasteiger partial charge in [-0.25, -0.2) is 0 Å². The van der Waals surface area contributed by atoms with Crippen LogP contribution in [0.2, 0.25) is 0 Å². The Morgan fingerprint density at radius 3 is 2.88 bits per heavy atom. The largest absolute Gasteiger partial charge is 0.340 e. The minimum Gasteiger partial charge on any atom is -0.340 e. The molecule has 94 valence electrons. The van der Waals surface area contributed by atoms with Gasteiger partial charge in [0.15, 0.2) is 0 Å². The Labute approximate surface area is 105 Å². The van der Waals surface area contributed by atoms with Crippen molar-refractivity contribution in [3.05, 3.63) is 0 Å². The predicted octanol–water partition coefficient (Wildman–Crippen LogP) is 3.12. The molecule has 2 nitrogen and oxygen atoms in total. The lowest BCUT2D eigenvalue weighted by Crippen LogP contribution is -2.46. The van der Waals surface area contributed by atoms with E-state index in [9.17, 15) is 4.79 Å². The number of carbonyl (C=O) groups is 1. The van der Waals surface area contributed by atoms with Crippen molar-refractivity contribution in [1.29, 1.82) is 0 Å². The van der Waals surface area contributed by atoms with E-state index in [0.717, 1.165) is 24.6 Å². The van der Waals surface area contributed by atoms with Gasteiger partial charge in [-0.1, -0.05) is 13.3 Å². The van der Waals surface area contributed by atoms with Gasteiger partial charge in [-0.3, -0.25) is 4.79 Å². The van der Waals surface area contributed by atoms with Gasteiger partial charge in [0.25, 0.3) is 0 Å². The number of hydrogen-bond donors (Lipinski definition) is 1. The van der Waals surface area contributed by atoms with Crippen LogP contribution in [0.15, 0.2) is 0 Å². The molecule has 2 atom stereocenters. The standard InChI is InChI=1S/C13H25NOS/c1-3-6-12-7-4-9-14(11(12)2)13(15)8-5-10-16/h11-12,16H,3-10H2,1-2H3/t11-,12?/m0/s1. The maximum atomic E-state index is 12.0. The van der Waals surface area contributed by atoms with Crippen LogP contribution in [-0.2, 0) is 4.79 Å². The summed E-state index contributed by atoms with van der Waals surface area (Å²) in [5.74, 6) is 1.87. The Balaban J connectivity index is 2.48. The van der Waals surface area contributed by atoms with E-state index in [-0.39, 0.29) is 0 Å². The highest BCUT2D eigenvalue weighted by Crippen LogP contribution is 2.27. The highest BCUT2D eigenvalue weighted by atomic mass is 32.1. The molecule has 16 heavy (non-hydrogen) atoms. The van der Waals surface area contributed by atoms with Crippen molar-refractivity contribution in [1.82, 2.24) is 4.90 Å². The maximum absolute atomic E-state index is 12.0. The summed E-state index contributed by atoms with van der Waals surface area (Å²) in [6.45, 7) is 5.42. The van der Waals surface area contributed by atoms with Crippen LogP contribution in [0.25, 0.3) is 0 Å². The van der Waals surface area contributed by atoms with Crippen molar-refractivity contribution >= 4 is 18.5 Å². The summed E-state index contributed by atoms with van der Waals surface area (Å²) in [6, 6.07) is 0.445. The van der Waals surface area contributed by atoms with Crippen molar-refractivity contribution in [3.63, 3.8) is 0 Å². The molecule has 1 saturated heterocycles. The van der Waals surface area contributed by atoms with Crippen LogP contribution in [0.4, 0.5) is 0 Å². The first-order valence-corrected chi connectivity index (χ1v) is 7.24. The van der Waals surface area contributed by atoms with Crippen LogP contribution in [0.3, 0.4) is 0 Å². The van der Waals surface area contributed by atoms with Gasteiger partial charge in [0.1, 0.15) is 0 Å². The summed E-state index contributed by atoms with van der Waals surface area (Å²) in [5, 5.41) is 0. The van der Waals surface area contributed by atoms with Crippen molar-refractivity contribution in [2.75, 3.05) is 12.3 Å². The van der Waals surface area contributed by atoms with Crippen LogP contribution in [0.5, 0.6) is 0 Å². The molecule has 1 unspecified atom stereocenters. The number of piperidine rings is 1. The maximum Gasteiger partial charge on any atom is 0.222 e. The van der Waals surface area contributed by atoms with E-state index in [1.54, 1.807) is 0 Å². The summed E-state index contributed by atoms with van der Waals surface area (Å²) in [5.41, 5.74) is 0. The van der Waals surface area contributed by atoms with E-state index >= 15 is 0 Å². The quantitative estimate of drug-likeness (QED) is 0.736. The summed E-state index contributed by atoms with van der Waals surface area (Å²) in [7, 11) is 0. The molecule has 0 aliphatic carbocycles. The van der Waals surface area contributed by atoms with E-state index in [1.165, 1.54) is 25.7 Å². The van der Waals surface area contributed by atoms with Crippen LogP contribution < -0.4 is 0 Å². The number of likely N-dealkylation sites (tertiary alicyclic amines) is 1. The van der Waals surface area contributed by atoms with Gasteiger partial charge in [-0.2, -0.15) is 12.6 Å². The lowest BCUT2D eigenvalue weighted by atomic mass is 9.86. The van der Waals surface area contributed by atoms with E-state index < -0.39 is 0 Å². The first-order chi connectivity index (χ1) is 7.70. The predicted molar refractivity (Wildman–Crippen MR) is 71.9 cm³/mol. The van der Waals surface area contributed by atoms with Crippen molar-refractivity contribution < 1.29 is 4.79 Å². The van der Waals surface area contributed by atoms with Gasteiger partial charge in [-0.05, 0) is 44.3 Å². The lowest BCUT2D eigenvalue weighted by molar-refractivity contribution is -0.136. The van der Waals surface area contributed by atoms with Gasteiger partial charge in [0.2, 0.25) is 5.91 Å². The third kappa shape index (κ3) is 3.69. The summed E-state index contributed by atoms with van der Waals surface area (Å²) < 4.78 is 0. The average Bonchev–Trinajstić information content (AvgIpc) is 2.29. The molecule has 1 heterocycles.